The highest BCUT2D eigenvalue weighted by Gasteiger charge is 2.51. The van der Waals surface area contributed by atoms with Crippen molar-refractivity contribution in [3.05, 3.63) is 23.8 Å². The van der Waals surface area contributed by atoms with Crippen LogP contribution in [0.25, 0.3) is 0 Å². The number of aromatic carboxylic acids is 1. The summed E-state index contributed by atoms with van der Waals surface area (Å²) >= 11 is 0. The van der Waals surface area contributed by atoms with Crippen LogP contribution < -0.4 is 10.8 Å². The molecule has 1 fully saturated rings. The first-order chi connectivity index (χ1) is 10.8. The van der Waals surface area contributed by atoms with E-state index >= 15 is 0 Å². The molecule has 2 rings (SSSR count). The van der Waals surface area contributed by atoms with Gasteiger partial charge in [0.05, 0.1) is 16.8 Å². The lowest BCUT2D eigenvalue weighted by Crippen LogP contribution is -2.41. The van der Waals surface area contributed by atoms with Crippen LogP contribution in [0.1, 0.15) is 38.1 Å². The fraction of sp³-hybridized carbons (Fsp3) is 0.533. The van der Waals surface area contributed by atoms with Crippen molar-refractivity contribution in [1.29, 1.82) is 0 Å². The summed E-state index contributed by atoms with van der Waals surface area (Å²) in [6.45, 7) is 6.06. The van der Waals surface area contributed by atoms with Crippen molar-refractivity contribution in [1.82, 2.24) is 0 Å². The summed E-state index contributed by atoms with van der Waals surface area (Å²) in [5.41, 5.74) is -1.15. The van der Waals surface area contributed by atoms with Gasteiger partial charge in [0.2, 0.25) is 0 Å². The van der Waals surface area contributed by atoms with Crippen LogP contribution in [0.3, 0.4) is 0 Å². The molecule has 0 bridgehead atoms. The lowest BCUT2D eigenvalue weighted by Gasteiger charge is -2.32. The molecular weight excluding hydrogens is 326 g/mol. The monoisotopic (exact) mass is 345 g/mol. The van der Waals surface area contributed by atoms with E-state index in [1.54, 1.807) is 0 Å². The highest BCUT2D eigenvalue weighted by Crippen LogP contribution is 2.36. The van der Waals surface area contributed by atoms with Crippen molar-refractivity contribution in [3.8, 4) is 0 Å². The number of nitrogens with one attached hydrogen (secondary N) is 1. The van der Waals surface area contributed by atoms with Gasteiger partial charge in [-0.25, -0.2) is 4.79 Å². The molecule has 0 aliphatic carbocycles. The Morgan fingerprint density at radius 1 is 1.21 bits per heavy atom. The van der Waals surface area contributed by atoms with Crippen LogP contribution in [0, 0.1) is 0 Å². The van der Waals surface area contributed by atoms with Crippen LogP contribution in [0.4, 0.5) is 18.9 Å². The van der Waals surface area contributed by atoms with Crippen LogP contribution in [0.15, 0.2) is 18.2 Å². The normalized spacial score (nSPS) is 19.4. The van der Waals surface area contributed by atoms with Crippen LogP contribution in [0.5, 0.6) is 0 Å². The van der Waals surface area contributed by atoms with E-state index in [9.17, 15) is 18.0 Å². The van der Waals surface area contributed by atoms with Gasteiger partial charge in [0.15, 0.2) is 0 Å². The number of rotatable bonds is 4. The summed E-state index contributed by atoms with van der Waals surface area (Å²) in [6, 6.07) is 4.03. The van der Waals surface area contributed by atoms with Gasteiger partial charge in [-0.05, 0) is 45.3 Å². The van der Waals surface area contributed by atoms with Gasteiger partial charge in [0, 0.05) is 5.69 Å². The molecule has 0 spiro atoms. The Labute approximate surface area is 138 Å². The molecule has 0 radical (unpaired) electrons. The predicted molar refractivity (Wildman–Crippen MR) is 83.7 cm³/mol. The van der Waals surface area contributed by atoms with Gasteiger partial charge in [-0.3, -0.25) is 0 Å². The number of anilines is 1. The molecule has 5 nitrogen and oxygen atoms in total. The first-order valence-corrected chi connectivity index (χ1v) is 7.36. The molecule has 0 unspecified atom stereocenters. The average molecular weight is 345 g/mol. The summed E-state index contributed by atoms with van der Waals surface area (Å²) in [6.07, 6.45) is -4.46. The molecule has 132 valence electrons. The van der Waals surface area contributed by atoms with Crippen LogP contribution >= 0.6 is 0 Å². The van der Waals surface area contributed by atoms with E-state index < -0.39 is 37.0 Å². The van der Waals surface area contributed by atoms with Gasteiger partial charge in [-0.2, -0.15) is 13.2 Å². The molecule has 1 aliphatic rings. The molecule has 9 heteroatoms. The van der Waals surface area contributed by atoms with E-state index in [4.69, 9.17) is 14.4 Å². The van der Waals surface area contributed by atoms with E-state index in [2.05, 4.69) is 5.32 Å². The standard InChI is InChI=1S/C15H19BF3NO4/c1-13(2)14(3,4)24-16(23-13)9-5-6-10(12(21)22)11(7-9)20-8-15(17,18)19/h5-7,20H,8H2,1-4H3,(H,21,22). The van der Waals surface area contributed by atoms with Crippen molar-refractivity contribution < 1.29 is 32.4 Å². The smallest absolute Gasteiger partial charge is 0.478 e. The Hall–Kier alpha value is -1.74. The second kappa shape index (κ2) is 5.96. The summed E-state index contributed by atoms with van der Waals surface area (Å²) in [7, 11) is -0.788. The first-order valence-electron chi connectivity index (χ1n) is 7.36. The maximum atomic E-state index is 12.4. The molecular formula is C15H19BF3NO4. The number of alkyl halides is 3. The zero-order valence-corrected chi connectivity index (χ0v) is 13.8. The highest BCUT2D eigenvalue weighted by molar-refractivity contribution is 6.62. The van der Waals surface area contributed by atoms with E-state index in [1.165, 1.54) is 18.2 Å². The van der Waals surface area contributed by atoms with Gasteiger partial charge < -0.3 is 19.7 Å². The molecule has 1 aliphatic heterocycles. The number of benzene rings is 1. The second-order valence-electron chi connectivity index (χ2n) is 6.67. The van der Waals surface area contributed by atoms with Crippen molar-refractivity contribution >= 4 is 24.2 Å². The number of halogens is 3. The van der Waals surface area contributed by atoms with Crippen LogP contribution in [0.2, 0.25) is 0 Å². The molecule has 0 amide bonds. The Balaban J connectivity index is 2.31. The quantitative estimate of drug-likeness (QED) is 0.822. The Bertz CT molecular complexity index is 630. The summed E-state index contributed by atoms with van der Waals surface area (Å²) in [5.74, 6) is -1.32. The first kappa shape index (κ1) is 18.6. The van der Waals surface area contributed by atoms with Gasteiger partial charge in [0.1, 0.15) is 6.54 Å². The van der Waals surface area contributed by atoms with Crippen molar-refractivity contribution in [2.75, 3.05) is 11.9 Å². The second-order valence-corrected chi connectivity index (χ2v) is 6.67. The van der Waals surface area contributed by atoms with Gasteiger partial charge in [-0.1, -0.05) is 6.07 Å². The number of hydrogen-bond acceptors (Lipinski definition) is 4. The molecule has 0 saturated carbocycles. The summed E-state index contributed by atoms with van der Waals surface area (Å²) in [4.78, 5) is 11.2. The third-order valence-corrected chi connectivity index (χ3v) is 4.28. The Morgan fingerprint density at radius 2 is 1.75 bits per heavy atom. The number of carboxylic acids is 1. The third-order valence-electron chi connectivity index (χ3n) is 4.28. The summed E-state index contributed by atoms with van der Waals surface area (Å²) < 4.78 is 48.9. The number of carboxylic acid groups (broad SMARTS) is 1. The van der Waals surface area contributed by atoms with Crippen molar-refractivity contribution in [2.24, 2.45) is 0 Å². The molecule has 24 heavy (non-hydrogen) atoms. The fourth-order valence-corrected chi connectivity index (χ4v) is 2.22. The molecule has 1 heterocycles. The van der Waals surface area contributed by atoms with E-state index in [1.807, 2.05) is 27.7 Å². The lowest BCUT2D eigenvalue weighted by molar-refractivity contribution is -0.115. The zero-order valence-electron chi connectivity index (χ0n) is 13.8. The van der Waals surface area contributed by atoms with Gasteiger partial charge in [-0.15, -0.1) is 0 Å². The highest BCUT2D eigenvalue weighted by atomic mass is 19.4. The minimum Gasteiger partial charge on any atom is -0.478 e. The zero-order chi connectivity index (χ0) is 18.3. The van der Waals surface area contributed by atoms with E-state index in [0.717, 1.165) is 0 Å². The van der Waals surface area contributed by atoms with E-state index in [-0.39, 0.29) is 11.3 Å². The molecule has 0 atom stereocenters. The Kier molecular flexibility index (Phi) is 4.62. The topological polar surface area (TPSA) is 67.8 Å². The molecule has 0 aromatic heterocycles. The van der Waals surface area contributed by atoms with Crippen LogP contribution in [-0.2, 0) is 9.31 Å². The largest absolute Gasteiger partial charge is 0.494 e. The fourth-order valence-electron chi connectivity index (χ4n) is 2.22. The SMILES string of the molecule is CC1(C)OB(c2ccc(C(=O)O)c(NCC(F)(F)F)c2)OC1(C)C. The maximum Gasteiger partial charge on any atom is 0.494 e. The lowest BCUT2D eigenvalue weighted by atomic mass is 9.78. The third kappa shape index (κ3) is 3.84. The number of hydrogen-bond donors (Lipinski definition) is 2. The van der Waals surface area contributed by atoms with Crippen molar-refractivity contribution in [2.45, 2.75) is 45.1 Å². The van der Waals surface area contributed by atoms with Crippen molar-refractivity contribution in [3.63, 3.8) is 0 Å². The predicted octanol–water partition coefficient (Wildman–Crippen LogP) is 2.66. The average Bonchev–Trinajstić information content (AvgIpc) is 2.64. The van der Waals surface area contributed by atoms with Gasteiger partial charge in [0.25, 0.3) is 0 Å². The number of carbonyl (C=O) groups is 1. The maximum absolute atomic E-state index is 12.4. The van der Waals surface area contributed by atoms with Crippen LogP contribution in [-0.4, -0.2) is 42.1 Å². The summed E-state index contributed by atoms with van der Waals surface area (Å²) in [5, 5.41) is 11.3. The van der Waals surface area contributed by atoms with Gasteiger partial charge >= 0.3 is 19.3 Å². The minimum atomic E-state index is -4.46. The molecule has 2 N–H and O–H groups in total. The molecule has 1 aromatic carbocycles. The Morgan fingerprint density at radius 3 is 2.21 bits per heavy atom. The molecule has 1 saturated heterocycles. The van der Waals surface area contributed by atoms with E-state index in [0.29, 0.717) is 5.46 Å². The minimum absolute atomic E-state index is 0.132. The molecule has 1 aromatic rings.